The van der Waals surface area contributed by atoms with Crippen LogP contribution in [0, 0.1) is 0 Å². The van der Waals surface area contributed by atoms with Crippen molar-refractivity contribution < 1.29 is 14.4 Å². The van der Waals surface area contributed by atoms with E-state index in [2.05, 4.69) is 10.1 Å². The summed E-state index contributed by atoms with van der Waals surface area (Å²) in [5.41, 5.74) is 3.12. The Bertz CT molecular complexity index is 986. The van der Waals surface area contributed by atoms with E-state index in [-0.39, 0.29) is 5.76 Å². The molecule has 0 saturated heterocycles. The molecule has 1 N–H and O–H groups in total. The molecule has 2 aromatic heterocycles. The lowest BCUT2D eigenvalue weighted by Crippen LogP contribution is -1.91. The van der Waals surface area contributed by atoms with Gasteiger partial charge in [-0.25, -0.2) is 9.78 Å². The fourth-order valence-electron chi connectivity index (χ4n) is 2.38. The van der Waals surface area contributed by atoms with E-state index in [0.29, 0.717) is 5.69 Å². The molecule has 0 bridgehead atoms. The summed E-state index contributed by atoms with van der Waals surface area (Å²) in [5, 5.41) is 13.7. The topological polar surface area (TPSA) is 76.2 Å². The third-order valence-electron chi connectivity index (χ3n) is 3.45. The smallest absolute Gasteiger partial charge is 0.374 e. The van der Waals surface area contributed by atoms with E-state index in [1.807, 2.05) is 48.5 Å². The largest absolute Gasteiger partial charge is 0.475 e. The zero-order valence-electron chi connectivity index (χ0n) is 11.8. The van der Waals surface area contributed by atoms with Crippen molar-refractivity contribution in [2.45, 2.75) is 0 Å². The summed E-state index contributed by atoms with van der Waals surface area (Å²) in [7, 11) is 0. The van der Waals surface area contributed by atoms with Crippen LogP contribution in [0.5, 0.6) is 0 Å². The molecule has 0 fully saturated rings. The molecule has 23 heavy (non-hydrogen) atoms. The van der Waals surface area contributed by atoms with Gasteiger partial charge in [0.1, 0.15) is 10.7 Å². The number of para-hydroxylation sites is 1. The van der Waals surface area contributed by atoms with Crippen molar-refractivity contribution >= 4 is 27.5 Å². The lowest BCUT2D eigenvalue weighted by atomic mass is 10.0. The van der Waals surface area contributed by atoms with Crippen molar-refractivity contribution in [3.8, 4) is 21.8 Å². The van der Waals surface area contributed by atoms with Gasteiger partial charge in [-0.15, -0.1) is 11.3 Å². The molecule has 4 rings (SSSR count). The third-order valence-corrected chi connectivity index (χ3v) is 4.52. The first-order valence-electron chi connectivity index (χ1n) is 6.88. The molecule has 0 atom stereocenters. The molecule has 0 radical (unpaired) electrons. The van der Waals surface area contributed by atoms with E-state index < -0.39 is 5.97 Å². The van der Waals surface area contributed by atoms with Crippen LogP contribution in [0.25, 0.3) is 32.0 Å². The molecule has 0 aliphatic carbocycles. The minimum Gasteiger partial charge on any atom is -0.475 e. The van der Waals surface area contributed by atoms with Gasteiger partial charge in [0, 0.05) is 17.2 Å². The van der Waals surface area contributed by atoms with Crippen LogP contribution in [-0.2, 0) is 0 Å². The average molecular weight is 322 g/mol. The van der Waals surface area contributed by atoms with Gasteiger partial charge in [0.2, 0.25) is 5.76 Å². The zero-order valence-corrected chi connectivity index (χ0v) is 12.6. The molecule has 2 aromatic carbocycles. The number of hydrogen-bond donors (Lipinski definition) is 1. The van der Waals surface area contributed by atoms with Gasteiger partial charge in [-0.3, -0.25) is 0 Å². The highest BCUT2D eigenvalue weighted by Crippen LogP contribution is 2.36. The molecule has 4 aromatic rings. The molecule has 6 heteroatoms. The Morgan fingerprint density at radius 3 is 2.52 bits per heavy atom. The number of fused-ring (bicyclic) bond motifs is 1. The van der Waals surface area contributed by atoms with Crippen LogP contribution in [0.1, 0.15) is 10.6 Å². The number of aromatic nitrogens is 2. The van der Waals surface area contributed by atoms with E-state index in [1.165, 1.54) is 6.07 Å². The van der Waals surface area contributed by atoms with Crippen LogP contribution in [0.3, 0.4) is 0 Å². The molecule has 5 nitrogen and oxygen atoms in total. The molecule has 2 heterocycles. The Morgan fingerprint density at radius 2 is 1.78 bits per heavy atom. The Morgan fingerprint density at radius 1 is 1.04 bits per heavy atom. The highest BCUT2D eigenvalue weighted by Gasteiger charge is 2.17. The third kappa shape index (κ3) is 2.39. The molecule has 0 unspecified atom stereocenters. The van der Waals surface area contributed by atoms with E-state index in [9.17, 15) is 4.79 Å². The van der Waals surface area contributed by atoms with Crippen LogP contribution >= 0.6 is 11.3 Å². The zero-order chi connectivity index (χ0) is 15.8. The van der Waals surface area contributed by atoms with E-state index >= 15 is 0 Å². The van der Waals surface area contributed by atoms with Crippen molar-refractivity contribution in [1.82, 2.24) is 10.1 Å². The first-order valence-corrected chi connectivity index (χ1v) is 7.69. The fraction of sp³-hybridized carbons (Fsp3) is 0. The Hall–Kier alpha value is -2.99. The first-order chi connectivity index (χ1) is 11.2. The van der Waals surface area contributed by atoms with Gasteiger partial charge in [0.15, 0.2) is 0 Å². The number of benzene rings is 2. The van der Waals surface area contributed by atoms with Gasteiger partial charge in [0.25, 0.3) is 0 Å². The number of rotatable bonds is 3. The summed E-state index contributed by atoms with van der Waals surface area (Å²) >= 11 is 1.59. The Labute approximate surface area is 134 Å². The number of nitrogens with zero attached hydrogens (tertiary/aromatic N) is 2. The van der Waals surface area contributed by atoms with E-state index in [0.717, 1.165) is 26.4 Å². The van der Waals surface area contributed by atoms with Crippen molar-refractivity contribution in [2.75, 3.05) is 0 Å². The second-order valence-corrected chi connectivity index (χ2v) is 5.94. The first kappa shape index (κ1) is 13.7. The van der Waals surface area contributed by atoms with Crippen LogP contribution in [0.4, 0.5) is 0 Å². The second-order valence-electron chi connectivity index (χ2n) is 4.91. The van der Waals surface area contributed by atoms with Gasteiger partial charge < -0.3 is 9.63 Å². The average Bonchev–Trinajstić information content (AvgIpc) is 3.22. The summed E-state index contributed by atoms with van der Waals surface area (Å²) in [6, 6.07) is 17.0. The van der Waals surface area contributed by atoms with Crippen molar-refractivity contribution in [2.24, 2.45) is 0 Å². The van der Waals surface area contributed by atoms with Crippen LogP contribution < -0.4 is 0 Å². The molecule has 0 spiro atoms. The molecule has 0 aliphatic heterocycles. The lowest BCUT2D eigenvalue weighted by molar-refractivity contribution is 0.0652. The van der Waals surface area contributed by atoms with Gasteiger partial charge in [-0.2, -0.15) is 0 Å². The van der Waals surface area contributed by atoms with Crippen LogP contribution in [0.15, 0.2) is 59.1 Å². The minimum absolute atomic E-state index is 0.181. The molecular formula is C17H10N2O3S. The summed E-state index contributed by atoms with van der Waals surface area (Å²) in [6.07, 6.45) is 0. The van der Waals surface area contributed by atoms with Crippen molar-refractivity contribution in [1.29, 1.82) is 0 Å². The predicted octanol–water partition coefficient (Wildman–Crippen LogP) is 4.32. The molecule has 0 amide bonds. The molecular weight excluding hydrogens is 312 g/mol. The summed E-state index contributed by atoms with van der Waals surface area (Å²) in [6.45, 7) is 0. The predicted molar refractivity (Wildman–Crippen MR) is 87.5 cm³/mol. The van der Waals surface area contributed by atoms with Crippen LogP contribution in [0.2, 0.25) is 0 Å². The number of carboxylic acid groups (broad SMARTS) is 1. The van der Waals surface area contributed by atoms with Crippen molar-refractivity contribution in [3.63, 3.8) is 0 Å². The van der Waals surface area contributed by atoms with E-state index in [1.54, 1.807) is 11.3 Å². The number of thiazole rings is 1. The lowest BCUT2D eigenvalue weighted by Gasteiger charge is -2.02. The summed E-state index contributed by atoms with van der Waals surface area (Å²) in [4.78, 5) is 15.6. The van der Waals surface area contributed by atoms with Crippen LogP contribution in [-0.4, -0.2) is 21.2 Å². The number of carboxylic acids is 1. The van der Waals surface area contributed by atoms with Crippen molar-refractivity contribution in [3.05, 3.63) is 60.4 Å². The maximum Gasteiger partial charge on any atom is 0.374 e. The maximum absolute atomic E-state index is 11.0. The van der Waals surface area contributed by atoms with Gasteiger partial charge in [-0.05, 0) is 12.1 Å². The minimum atomic E-state index is -1.14. The number of hydrogen-bond acceptors (Lipinski definition) is 5. The quantitative estimate of drug-likeness (QED) is 0.608. The summed E-state index contributed by atoms with van der Waals surface area (Å²) in [5.74, 6) is -1.32. The summed E-state index contributed by atoms with van der Waals surface area (Å²) < 4.78 is 5.96. The standard InChI is InChI=1S/C17H10N2O3S/c20-17(21)14-9-13(19-22-14)10-5-1-2-6-11(10)16-18-12-7-3-4-8-15(12)23-16/h1-9H,(H,20,21). The maximum atomic E-state index is 11.0. The number of carbonyl (C=O) groups is 1. The fourth-order valence-corrected chi connectivity index (χ4v) is 3.39. The Balaban J connectivity index is 1.87. The molecule has 0 saturated carbocycles. The highest BCUT2D eigenvalue weighted by atomic mass is 32.1. The second kappa shape index (κ2) is 5.33. The Kier molecular flexibility index (Phi) is 3.17. The van der Waals surface area contributed by atoms with Gasteiger partial charge >= 0.3 is 5.97 Å². The SMILES string of the molecule is O=C(O)c1cc(-c2ccccc2-c2nc3ccccc3s2)no1. The highest BCUT2D eigenvalue weighted by molar-refractivity contribution is 7.21. The molecule has 0 aliphatic rings. The number of aromatic carboxylic acids is 1. The van der Waals surface area contributed by atoms with E-state index in [4.69, 9.17) is 9.63 Å². The monoisotopic (exact) mass is 322 g/mol. The van der Waals surface area contributed by atoms with Gasteiger partial charge in [0.05, 0.1) is 10.2 Å². The normalized spacial score (nSPS) is 11.0. The van der Waals surface area contributed by atoms with Gasteiger partial charge in [-0.1, -0.05) is 41.6 Å². The molecule has 112 valence electrons.